The summed E-state index contributed by atoms with van der Waals surface area (Å²) >= 11 is 5.47. The maximum absolute atomic E-state index is 5.47. The van der Waals surface area contributed by atoms with Gasteiger partial charge in [0.2, 0.25) is 0 Å². The maximum Gasteiger partial charge on any atom is 0.155 e. The van der Waals surface area contributed by atoms with Crippen LogP contribution in [-0.4, -0.2) is 21.2 Å². The average molecular weight is 299 g/mol. The molecule has 0 bridgehead atoms. The Hall–Kier alpha value is -2.14. The van der Waals surface area contributed by atoms with E-state index in [0.717, 1.165) is 38.6 Å². The number of benzene rings is 1. The molecule has 3 rings (SSSR count). The predicted molar refractivity (Wildman–Crippen MR) is 86.5 cm³/mol. The number of nitrogens with one attached hydrogen (secondary N) is 1. The summed E-state index contributed by atoms with van der Waals surface area (Å²) in [6, 6.07) is 10.00. The van der Waals surface area contributed by atoms with E-state index in [0.29, 0.717) is 6.61 Å². The third-order valence-corrected chi connectivity index (χ3v) is 4.05. The van der Waals surface area contributed by atoms with E-state index >= 15 is 0 Å². The van der Waals surface area contributed by atoms with Crippen molar-refractivity contribution in [2.75, 3.05) is 6.61 Å². The third-order valence-electron chi connectivity index (χ3n) is 3.56. The van der Waals surface area contributed by atoms with Gasteiger partial charge in [-0.2, -0.15) is 0 Å². The molecular formula is C16H17N3OS. The van der Waals surface area contributed by atoms with Gasteiger partial charge in [0.05, 0.1) is 12.3 Å². The summed E-state index contributed by atoms with van der Waals surface area (Å²) in [6.07, 6.45) is 0. The lowest BCUT2D eigenvalue weighted by Crippen LogP contribution is -1.98. The first kappa shape index (κ1) is 13.8. The maximum atomic E-state index is 5.47. The highest BCUT2D eigenvalue weighted by Gasteiger charge is 2.08. The highest BCUT2D eigenvalue weighted by atomic mass is 32.1. The van der Waals surface area contributed by atoms with Gasteiger partial charge in [-0.15, -0.1) is 0 Å². The molecule has 0 aliphatic rings. The van der Waals surface area contributed by atoms with Crippen molar-refractivity contribution in [2.24, 2.45) is 0 Å². The molecule has 0 amide bonds. The highest BCUT2D eigenvalue weighted by molar-refractivity contribution is 7.71. The number of hydrogen-bond donors (Lipinski definition) is 1. The van der Waals surface area contributed by atoms with Gasteiger partial charge >= 0.3 is 0 Å². The molecule has 1 aromatic carbocycles. The SMILES string of the molecule is CCOc1ccc(-c2cc3nc(C)c(C)c(=S)n3[nH]2)cc1. The van der Waals surface area contributed by atoms with Crippen molar-refractivity contribution < 1.29 is 4.74 Å². The first-order chi connectivity index (χ1) is 10.1. The predicted octanol–water partition coefficient (Wildman–Crippen LogP) is 4.07. The van der Waals surface area contributed by atoms with Crippen molar-refractivity contribution in [1.82, 2.24) is 14.6 Å². The summed E-state index contributed by atoms with van der Waals surface area (Å²) in [4.78, 5) is 4.57. The minimum Gasteiger partial charge on any atom is -0.494 e. The Morgan fingerprint density at radius 1 is 1.24 bits per heavy atom. The zero-order valence-corrected chi connectivity index (χ0v) is 13.1. The quantitative estimate of drug-likeness (QED) is 0.741. The van der Waals surface area contributed by atoms with Crippen LogP contribution < -0.4 is 4.74 Å². The molecule has 0 spiro atoms. The molecule has 1 N–H and O–H groups in total. The van der Waals surface area contributed by atoms with Crippen LogP contribution in [0.2, 0.25) is 0 Å². The minimum atomic E-state index is 0.670. The van der Waals surface area contributed by atoms with Crippen molar-refractivity contribution in [2.45, 2.75) is 20.8 Å². The summed E-state index contributed by atoms with van der Waals surface area (Å²) < 4.78 is 8.09. The Balaban J connectivity index is 2.09. The third kappa shape index (κ3) is 2.45. The fourth-order valence-electron chi connectivity index (χ4n) is 2.26. The molecule has 21 heavy (non-hydrogen) atoms. The number of rotatable bonds is 3. The number of nitrogens with zero attached hydrogens (tertiary/aromatic N) is 2. The number of hydrogen-bond acceptors (Lipinski definition) is 3. The molecule has 2 aromatic heterocycles. The molecule has 0 fully saturated rings. The first-order valence-electron chi connectivity index (χ1n) is 6.92. The Morgan fingerprint density at radius 2 is 1.95 bits per heavy atom. The normalized spacial score (nSPS) is 11.0. The van der Waals surface area contributed by atoms with Gasteiger partial charge in [-0.25, -0.2) is 9.50 Å². The molecule has 0 saturated heterocycles. The van der Waals surface area contributed by atoms with Gasteiger partial charge in [-0.1, -0.05) is 12.2 Å². The second-order valence-corrected chi connectivity index (χ2v) is 5.33. The molecule has 5 heteroatoms. The molecular weight excluding hydrogens is 282 g/mol. The van der Waals surface area contributed by atoms with Crippen LogP contribution in [0.25, 0.3) is 16.9 Å². The van der Waals surface area contributed by atoms with Crippen LogP contribution in [0.3, 0.4) is 0 Å². The number of ether oxygens (including phenoxy) is 1. The zero-order chi connectivity index (χ0) is 15.0. The van der Waals surface area contributed by atoms with Crippen molar-refractivity contribution in [3.8, 4) is 17.0 Å². The van der Waals surface area contributed by atoms with Gasteiger partial charge < -0.3 is 4.74 Å². The molecule has 108 valence electrons. The van der Waals surface area contributed by atoms with Gasteiger partial charge in [-0.3, -0.25) is 5.10 Å². The van der Waals surface area contributed by atoms with E-state index in [4.69, 9.17) is 17.0 Å². The Morgan fingerprint density at radius 3 is 2.62 bits per heavy atom. The molecule has 2 heterocycles. The van der Waals surface area contributed by atoms with Crippen molar-refractivity contribution in [1.29, 1.82) is 0 Å². The number of aromatic nitrogens is 3. The summed E-state index contributed by atoms with van der Waals surface area (Å²) in [5.41, 5.74) is 4.90. The van der Waals surface area contributed by atoms with Gasteiger partial charge in [-0.05, 0) is 50.6 Å². The van der Waals surface area contributed by atoms with Crippen molar-refractivity contribution >= 4 is 17.9 Å². The summed E-state index contributed by atoms with van der Waals surface area (Å²) in [5.74, 6) is 0.874. The van der Waals surface area contributed by atoms with Crippen LogP contribution in [-0.2, 0) is 0 Å². The molecule has 4 nitrogen and oxygen atoms in total. The second kappa shape index (κ2) is 5.33. The number of aryl methyl sites for hydroxylation is 1. The number of fused-ring (bicyclic) bond motifs is 1. The van der Waals surface area contributed by atoms with Gasteiger partial charge in [0.1, 0.15) is 10.4 Å². The van der Waals surface area contributed by atoms with Crippen LogP contribution in [0.15, 0.2) is 30.3 Å². The van der Waals surface area contributed by atoms with E-state index in [-0.39, 0.29) is 0 Å². The summed E-state index contributed by atoms with van der Waals surface area (Å²) in [5, 5.41) is 3.31. The lowest BCUT2D eigenvalue weighted by Gasteiger charge is -2.03. The fraction of sp³-hybridized carbons (Fsp3) is 0.250. The lowest BCUT2D eigenvalue weighted by atomic mass is 10.1. The van der Waals surface area contributed by atoms with Crippen LogP contribution in [0, 0.1) is 18.5 Å². The van der Waals surface area contributed by atoms with Crippen molar-refractivity contribution in [3.63, 3.8) is 0 Å². The Bertz CT molecular complexity index is 846. The Kier molecular flexibility index (Phi) is 3.51. The van der Waals surface area contributed by atoms with E-state index in [9.17, 15) is 0 Å². The topological polar surface area (TPSA) is 42.3 Å². The second-order valence-electron chi connectivity index (χ2n) is 4.95. The van der Waals surface area contributed by atoms with Gasteiger partial charge in [0.15, 0.2) is 5.65 Å². The van der Waals surface area contributed by atoms with E-state index in [1.54, 1.807) is 0 Å². The number of aromatic amines is 1. The van der Waals surface area contributed by atoms with E-state index < -0.39 is 0 Å². The Labute approximate surface area is 128 Å². The minimum absolute atomic E-state index is 0.670. The van der Waals surface area contributed by atoms with E-state index in [2.05, 4.69) is 10.1 Å². The monoisotopic (exact) mass is 299 g/mol. The van der Waals surface area contributed by atoms with Gasteiger partial charge in [0, 0.05) is 17.3 Å². The molecule has 0 aliphatic carbocycles. The van der Waals surface area contributed by atoms with Crippen LogP contribution in [0.4, 0.5) is 0 Å². The molecule has 0 radical (unpaired) electrons. The smallest absolute Gasteiger partial charge is 0.155 e. The highest BCUT2D eigenvalue weighted by Crippen LogP contribution is 2.23. The average Bonchev–Trinajstić information content (AvgIpc) is 2.90. The number of H-pyrrole nitrogens is 1. The standard InChI is InChI=1S/C16H17N3OS/c1-4-20-13-7-5-12(6-8-13)14-9-15-17-11(3)10(2)16(21)19(15)18-14/h5-9,18H,4H2,1-3H3. The molecule has 0 unspecified atom stereocenters. The van der Waals surface area contributed by atoms with E-state index in [1.807, 2.05) is 55.6 Å². The van der Waals surface area contributed by atoms with E-state index in [1.165, 1.54) is 0 Å². The summed E-state index contributed by atoms with van der Waals surface area (Å²) in [6.45, 7) is 6.62. The fourth-order valence-corrected chi connectivity index (χ4v) is 2.55. The lowest BCUT2D eigenvalue weighted by molar-refractivity contribution is 0.340. The van der Waals surface area contributed by atoms with Crippen LogP contribution >= 0.6 is 12.2 Å². The van der Waals surface area contributed by atoms with Crippen LogP contribution in [0.5, 0.6) is 5.75 Å². The zero-order valence-electron chi connectivity index (χ0n) is 12.3. The molecule has 0 aliphatic heterocycles. The first-order valence-corrected chi connectivity index (χ1v) is 7.33. The molecule has 0 atom stereocenters. The largest absolute Gasteiger partial charge is 0.494 e. The molecule has 0 saturated carbocycles. The molecule has 3 aromatic rings. The summed E-state index contributed by atoms with van der Waals surface area (Å²) in [7, 11) is 0. The van der Waals surface area contributed by atoms with Gasteiger partial charge in [0.25, 0.3) is 0 Å². The van der Waals surface area contributed by atoms with Crippen molar-refractivity contribution in [3.05, 3.63) is 46.2 Å². The van der Waals surface area contributed by atoms with Crippen LogP contribution in [0.1, 0.15) is 18.2 Å².